The Bertz CT molecular complexity index is 1530. The van der Waals surface area contributed by atoms with Crippen molar-refractivity contribution in [2.75, 3.05) is 36.9 Å². The minimum atomic E-state index is -4.19. The Labute approximate surface area is 214 Å². The summed E-state index contributed by atoms with van der Waals surface area (Å²) < 4.78 is 41.9. The van der Waals surface area contributed by atoms with E-state index in [0.29, 0.717) is 31.1 Å². The van der Waals surface area contributed by atoms with E-state index in [0.717, 1.165) is 12.1 Å². The van der Waals surface area contributed by atoms with Crippen molar-refractivity contribution < 1.29 is 27.8 Å². The molecule has 2 aliphatic heterocycles. The second kappa shape index (κ2) is 9.47. The molecule has 3 aromatic rings. The number of carboxylic acid groups (broad SMARTS) is 1. The fourth-order valence-corrected chi connectivity index (χ4v) is 6.56. The highest BCUT2D eigenvalue weighted by Gasteiger charge is 2.35. The Balaban J connectivity index is 1.54. The molecule has 0 saturated carbocycles. The first-order valence-corrected chi connectivity index (χ1v) is 13.3. The number of nitrogens with one attached hydrogen (secondary N) is 1. The monoisotopic (exact) mass is 525 g/mol. The summed E-state index contributed by atoms with van der Waals surface area (Å²) in [4.78, 5) is 26.0. The molecule has 5 rings (SSSR count). The SMILES string of the molecule is COc1ccc(OC)c(S(=O)(=O)Nc2cc(C(=O)O)ccc2N2CC3CC(C2)c2cccc(=O)n2C3)c1. The third kappa shape index (κ3) is 4.62. The fourth-order valence-electron chi connectivity index (χ4n) is 5.31. The molecule has 2 N–H and O–H groups in total. The van der Waals surface area contributed by atoms with Crippen molar-refractivity contribution in [1.29, 1.82) is 0 Å². The number of hydrogen-bond donors (Lipinski definition) is 2. The number of sulfonamides is 1. The number of benzene rings is 2. The number of aromatic carboxylic acids is 1. The van der Waals surface area contributed by atoms with Gasteiger partial charge in [-0.1, -0.05) is 6.07 Å². The van der Waals surface area contributed by atoms with Crippen LogP contribution in [0.5, 0.6) is 11.5 Å². The minimum absolute atomic E-state index is 0.0212. The largest absolute Gasteiger partial charge is 0.497 e. The molecular formula is C26H27N3O7S. The first-order valence-electron chi connectivity index (χ1n) is 11.8. The van der Waals surface area contributed by atoms with Gasteiger partial charge in [-0.2, -0.15) is 0 Å². The number of piperidine rings is 1. The maximum Gasteiger partial charge on any atom is 0.335 e. The Kier molecular flexibility index (Phi) is 6.32. The number of pyridine rings is 1. The van der Waals surface area contributed by atoms with Crippen LogP contribution in [0, 0.1) is 5.92 Å². The van der Waals surface area contributed by atoms with E-state index >= 15 is 0 Å². The summed E-state index contributed by atoms with van der Waals surface area (Å²) in [5, 5.41) is 9.58. The highest BCUT2D eigenvalue weighted by molar-refractivity contribution is 7.92. The number of carbonyl (C=O) groups is 1. The lowest BCUT2D eigenvalue weighted by atomic mass is 9.83. The maximum absolute atomic E-state index is 13.5. The Morgan fingerprint density at radius 2 is 1.84 bits per heavy atom. The molecule has 2 unspecified atom stereocenters. The molecule has 2 aliphatic rings. The molecule has 2 bridgehead atoms. The van der Waals surface area contributed by atoms with Crippen molar-refractivity contribution >= 4 is 27.4 Å². The number of methoxy groups -OCH3 is 2. The Morgan fingerprint density at radius 3 is 2.57 bits per heavy atom. The van der Waals surface area contributed by atoms with Crippen molar-refractivity contribution in [3.8, 4) is 11.5 Å². The summed E-state index contributed by atoms with van der Waals surface area (Å²) in [5.41, 5.74) is 1.60. The lowest BCUT2D eigenvalue weighted by Gasteiger charge is -2.44. The van der Waals surface area contributed by atoms with Gasteiger partial charge in [-0.25, -0.2) is 13.2 Å². The standard InChI is InChI=1S/C26H27N3O7S/c1-35-19-7-9-23(36-2)24(12-19)37(33,34)27-20-11-17(26(31)32)6-8-22(20)28-13-16-10-18(15-28)21-4-3-5-25(30)29(21)14-16/h3-9,11-12,16,18,27H,10,13-15H2,1-2H3,(H,31,32). The Hall–Kier alpha value is -3.99. The summed E-state index contributed by atoms with van der Waals surface area (Å²) in [6.45, 7) is 1.74. The fraction of sp³-hybridized carbons (Fsp3) is 0.308. The number of anilines is 2. The zero-order valence-corrected chi connectivity index (χ0v) is 21.2. The predicted octanol–water partition coefficient (Wildman–Crippen LogP) is 2.99. The van der Waals surface area contributed by atoms with Crippen LogP contribution in [0.15, 0.2) is 64.3 Å². The van der Waals surface area contributed by atoms with Gasteiger partial charge in [-0.05, 0) is 48.7 Å². The number of rotatable bonds is 7. The molecular weight excluding hydrogens is 498 g/mol. The molecule has 2 atom stereocenters. The number of fused-ring (bicyclic) bond motifs is 4. The van der Waals surface area contributed by atoms with Gasteiger partial charge < -0.3 is 24.0 Å². The van der Waals surface area contributed by atoms with E-state index in [1.54, 1.807) is 24.3 Å². The van der Waals surface area contributed by atoms with E-state index in [1.165, 1.54) is 38.5 Å². The molecule has 0 amide bonds. The quantitative estimate of drug-likeness (QED) is 0.482. The lowest BCUT2D eigenvalue weighted by molar-refractivity contribution is 0.0697. The average molecular weight is 526 g/mol. The topological polar surface area (TPSA) is 127 Å². The van der Waals surface area contributed by atoms with Crippen LogP contribution in [0.3, 0.4) is 0 Å². The van der Waals surface area contributed by atoms with E-state index in [1.807, 2.05) is 10.6 Å². The molecule has 194 valence electrons. The van der Waals surface area contributed by atoms with Gasteiger partial charge in [0.05, 0.1) is 31.2 Å². The second-order valence-corrected chi connectivity index (χ2v) is 10.9. The first kappa shape index (κ1) is 24.7. The molecule has 0 aliphatic carbocycles. The van der Waals surface area contributed by atoms with Gasteiger partial charge in [0.1, 0.15) is 16.4 Å². The molecule has 11 heteroatoms. The van der Waals surface area contributed by atoms with Gasteiger partial charge in [0.25, 0.3) is 15.6 Å². The van der Waals surface area contributed by atoms with Gasteiger partial charge in [0, 0.05) is 43.4 Å². The van der Waals surface area contributed by atoms with Crippen molar-refractivity contribution in [1.82, 2.24) is 4.57 Å². The summed E-state index contributed by atoms with van der Waals surface area (Å²) in [7, 11) is -1.39. The number of carboxylic acids is 1. The van der Waals surface area contributed by atoms with Gasteiger partial charge >= 0.3 is 5.97 Å². The van der Waals surface area contributed by atoms with Crippen molar-refractivity contribution in [2.24, 2.45) is 5.92 Å². The molecule has 37 heavy (non-hydrogen) atoms. The van der Waals surface area contributed by atoms with Gasteiger partial charge in [0.15, 0.2) is 0 Å². The normalized spacial score (nSPS) is 18.6. The molecule has 1 aromatic heterocycles. The lowest BCUT2D eigenvalue weighted by Crippen LogP contribution is -2.47. The van der Waals surface area contributed by atoms with Crippen LogP contribution in [0.2, 0.25) is 0 Å². The predicted molar refractivity (Wildman–Crippen MR) is 138 cm³/mol. The summed E-state index contributed by atoms with van der Waals surface area (Å²) in [6.07, 6.45) is 0.926. The molecule has 0 spiro atoms. The van der Waals surface area contributed by atoms with E-state index in [4.69, 9.17) is 9.47 Å². The maximum atomic E-state index is 13.5. The summed E-state index contributed by atoms with van der Waals surface area (Å²) >= 11 is 0. The van der Waals surface area contributed by atoms with Gasteiger partial charge in [-0.3, -0.25) is 9.52 Å². The van der Waals surface area contributed by atoms with Crippen LogP contribution in [-0.4, -0.2) is 51.4 Å². The summed E-state index contributed by atoms with van der Waals surface area (Å²) in [6, 6.07) is 14.1. The van der Waals surface area contributed by atoms with Crippen LogP contribution in [0.4, 0.5) is 11.4 Å². The molecule has 3 heterocycles. The zero-order valence-electron chi connectivity index (χ0n) is 20.4. The second-order valence-electron chi connectivity index (χ2n) is 9.26. The van der Waals surface area contributed by atoms with E-state index < -0.39 is 16.0 Å². The number of ether oxygens (including phenoxy) is 2. The van der Waals surface area contributed by atoms with E-state index in [9.17, 15) is 23.1 Å². The van der Waals surface area contributed by atoms with Crippen LogP contribution in [-0.2, 0) is 16.6 Å². The van der Waals surface area contributed by atoms with Crippen LogP contribution in [0.25, 0.3) is 0 Å². The zero-order chi connectivity index (χ0) is 26.3. The molecule has 1 fully saturated rings. The van der Waals surface area contributed by atoms with Crippen LogP contribution >= 0.6 is 0 Å². The van der Waals surface area contributed by atoms with Gasteiger partial charge in [0.2, 0.25) is 0 Å². The smallest absolute Gasteiger partial charge is 0.335 e. The number of hydrogen-bond acceptors (Lipinski definition) is 7. The van der Waals surface area contributed by atoms with Gasteiger partial charge in [-0.15, -0.1) is 0 Å². The highest BCUT2D eigenvalue weighted by Crippen LogP contribution is 2.40. The average Bonchev–Trinajstić information content (AvgIpc) is 2.88. The summed E-state index contributed by atoms with van der Waals surface area (Å²) in [5.74, 6) is -0.441. The number of aromatic nitrogens is 1. The highest BCUT2D eigenvalue weighted by atomic mass is 32.2. The van der Waals surface area contributed by atoms with Crippen molar-refractivity contribution in [3.63, 3.8) is 0 Å². The van der Waals surface area contributed by atoms with Crippen LogP contribution < -0.4 is 24.7 Å². The number of nitrogens with zero attached hydrogens (tertiary/aromatic N) is 2. The molecule has 0 radical (unpaired) electrons. The van der Waals surface area contributed by atoms with Crippen LogP contribution in [0.1, 0.15) is 28.4 Å². The first-order chi connectivity index (χ1) is 17.7. The van der Waals surface area contributed by atoms with E-state index in [2.05, 4.69) is 9.62 Å². The van der Waals surface area contributed by atoms with E-state index in [-0.39, 0.29) is 39.3 Å². The minimum Gasteiger partial charge on any atom is -0.497 e. The third-order valence-corrected chi connectivity index (χ3v) is 8.36. The molecule has 10 nitrogen and oxygen atoms in total. The van der Waals surface area contributed by atoms with Crippen molar-refractivity contribution in [3.05, 3.63) is 76.2 Å². The van der Waals surface area contributed by atoms with Crippen molar-refractivity contribution in [2.45, 2.75) is 23.8 Å². The Morgan fingerprint density at radius 1 is 1.03 bits per heavy atom. The molecule has 2 aromatic carbocycles. The third-order valence-electron chi connectivity index (χ3n) is 6.97. The molecule has 1 saturated heterocycles.